The van der Waals surface area contributed by atoms with Gasteiger partial charge in [-0.3, -0.25) is 4.79 Å². The summed E-state index contributed by atoms with van der Waals surface area (Å²) in [6, 6.07) is 10.2. The van der Waals surface area contributed by atoms with Gasteiger partial charge in [-0.05, 0) is 19.3 Å². The van der Waals surface area contributed by atoms with E-state index in [9.17, 15) is 4.79 Å². The maximum atomic E-state index is 12.6. The molecule has 1 aromatic heterocycles. The number of nitrogens with zero attached hydrogens (tertiary/aromatic N) is 2. The normalized spacial score (nSPS) is 23.2. The van der Waals surface area contributed by atoms with Crippen molar-refractivity contribution in [2.75, 3.05) is 13.2 Å². The van der Waals surface area contributed by atoms with Gasteiger partial charge in [-0.25, -0.2) is 4.98 Å². The Morgan fingerprint density at radius 3 is 3.00 bits per heavy atom. The van der Waals surface area contributed by atoms with Gasteiger partial charge in [-0.2, -0.15) is 0 Å². The molecule has 126 valence electrons. The molecule has 0 bridgehead atoms. The zero-order valence-electron chi connectivity index (χ0n) is 13.7. The second-order valence-electron chi connectivity index (χ2n) is 6.48. The molecule has 2 heterocycles. The third kappa shape index (κ3) is 3.08. The van der Waals surface area contributed by atoms with Crippen molar-refractivity contribution in [1.29, 1.82) is 0 Å². The van der Waals surface area contributed by atoms with Crippen LogP contribution >= 0.6 is 0 Å². The first-order chi connectivity index (χ1) is 11.8. The highest BCUT2D eigenvalue weighted by atomic mass is 16.5. The number of carbonyl (C=O) groups excluding carboxylic acids is 1. The molecule has 1 aromatic carbocycles. The topological polar surface area (TPSA) is 55.6 Å². The monoisotopic (exact) mass is 326 g/mol. The minimum Gasteiger partial charge on any atom is -0.441 e. The predicted octanol–water partition coefficient (Wildman–Crippen LogP) is 3.05. The van der Waals surface area contributed by atoms with Crippen LogP contribution in [0.15, 0.2) is 40.9 Å². The van der Waals surface area contributed by atoms with Crippen LogP contribution in [0.25, 0.3) is 11.3 Å². The van der Waals surface area contributed by atoms with E-state index < -0.39 is 0 Å². The molecule has 0 unspecified atom stereocenters. The molecule has 1 aliphatic carbocycles. The van der Waals surface area contributed by atoms with Crippen molar-refractivity contribution in [1.82, 2.24) is 9.88 Å². The Bertz CT molecular complexity index is 698. The average Bonchev–Trinajstić information content (AvgIpc) is 3.29. The lowest BCUT2D eigenvalue weighted by atomic mass is 10.1. The molecule has 2 aromatic rings. The second-order valence-corrected chi connectivity index (χ2v) is 6.48. The number of aromatic nitrogens is 1. The summed E-state index contributed by atoms with van der Waals surface area (Å²) < 4.78 is 11.6. The first-order valence-electron chi connectivity index (χ1n) is 8.72. The van der Waals surface area contributed by atoms with Gasteiger partial charge in [0.25, 0.3) is 0 Å². The number of carbonyl (C=O) groups is 1. The first-order valence-corrected chi connectivity index (χ1v) is 8.72. The number of amides is 1. The molecular weight excluding hydrogens is 304 g/mol. The summed E-state index contributed by atoms with van der Waals surface area (Å²) in [7, 11) is 0. The van der Waals surface area contributed by atoms with Gasteiger partial charge in [0.2, 0.25) is 5.91 Å². The van der Waals surface area contributed by atoms with E-state index >= 15 is 0 Å². The third-order valence-corrected chi connectivity index (χ3v) is 4.97. The zero-order valence-corrected chi connectivity index (χ0v) is 13.7. The highest BCUT2D eigenvalue weighted by Gasteiger charge is 2.38. The van der Waals surface area contributed by atoms with E-state index in [2.05, 4.69) is 4.98 Å². The van der Waals surface area contributed by atoms with E-state index in [-0.39, 0.29) is 18.1 Å². The number of morpholine rings is 1. The summed E-state index contributed by atoms with van der Waals surface area (Å²) in [4.78, 5) is 18.9. The molecule has 0 spiro atoms. The van der Waals surface area contributed by atoms with Gasteiger partial charge in [0.1, 0.15) is 0 Å². The van der Waals surface area contributed by atoms with Crippen molar-refractivity contribution in [3.63, 3.8) is 0 Å². The number of fused-ring (bicyclic) bond motifs is 1. The summed E-state index contributed by atoms with van der Waals surface area (Å²) in [5, 5.41) is 0. The molecule has 4 rings (SSSR count). The van der Waals surface area contributed by atoms with Crippen molar-refractivity contribution in [2.45, 2.75) is 44.2 Å². The molecule has 1 saturated heterocycles. The van der Waals surface area contributed by atoms with Crippen LogP contribution in [0.1, 0.15) is 31.6 Å². The van der Waals surface area contributed by atoms with Gasteiger partial charge in [-0.15, -0.1) is 0 Å². The quantitative estimate of drug-likeness (QED) is 0.866. The fourth-order valence-corrected chi connectivity index (χ4v) is 3.75. The van der Waals surface area contributed by atoms with Crippen LogP contribution in [0.3, 0.4) is 0 Å². The number of aryl methyl sites for hydroxylation is 1. The lowest BCUT2D eigenvalue weighted by Crippen LogP contribution is -2.51. The van der Waals surface area contributed by atoms with Crippen LogP contribution < -0.4 is 0 Å². The van der Waals surface area contributed by atoms with Gasteiger partial charge >= 0.3 is 0 Å². The van der Waals surface area contributed by atoms with Crippen molar-refractivity contribution in [3.8, 4) is 11.3 Å². The maximum Gasteiger partial charge on any atom is 0.223 e. The van der Waals surface area contributed by atoms with Crippen LogP contribution in [-0.4, -0.2) is 41.1 Å². The van der Waals surface area contributed by atoms with E-state index in [0.29, 0.717) is 31.9 Å². The molecule has 0 N–H and O–H groups in total. The van der Waals surface area contributed by atoms with E-state index in [1.165, 1.54) is 0 Å². The van der Waals surface area contributed by atoms with Crippen molar-refractivity contribution in [2.24, 2.45) is 0 Å². The standard InChI is InChI=1S/C19H22N2O3/c22-19(21-11-12-23-16-8-4-7-15(16)21)10-9-18-20-13-17(24-18)14-5-2-1-3-6-14/h1-3,5-6,13,15-16H,4,7-12H2/t15-,16-/m1/s1. The molecule has 24 heavy (non-hydrogen) atoms. The molecule has 2 atom stereocenters. The zero-order chi connectivity index (χ0) is 16.4. The third-order valence-electron chi connectivity index (χ3n) is 4.97. The second kappa shape index (κ2) is 6.77. The number of hydrogen-bond donors (Lipinski definition) is 0. The van der Waals surface area contributed by atoms with Gasteiger partial charge < -0.3 is 14.1 Å². The van der Waals surface area contributed by atoms with Gasteiger partial charge in [-0.1, -0.05) is 30.3 Å². The average molecular weight is 326 g/mol. The number of hydrogen-bond acceptors (Lipinski definition) is 4. The van der Waals surface area contributed by atoms with E-state index in [4.69, 9.17) is 9.15 Å². The van der Waals surface area contributed by atoms with Crippen LogP contribution in [0.5, 0.6) is 0 Å². The van der Waals surface area contributed by atoms with Crippen LogP contribution in [0.4, 0.5) is 0 Å². The minimum absolute atomic E-state index is 0.190. The van der Waals surface area contributed by atoms with Crippen LogP contribution in [-0.2, 0) is 16.0 Å². The summed E-state index contributed by atoms with van der Waals surface area (Å²) >= 11 is 0. The number of oxazole rings is 1. The molecular formula is C19H22N2O3. The SMILES string of the molecule is O=C(CCc1ncc(-c2ccccc2)o1)N1CCO[C@@H]2CCC[C@H]21. The Hall–Kier alpha value is -2.14. The lowest BCUT2D eigenvalue weighted by molar-refractivity contribution is -0.144. The number of rotatable bonds is 4. The fraction of sp³-hybridized carbons (Fsp3) is 0.474. The fourth-order valence-electron chi connectivity index (χ4n) is 3.75. The molecule has 1 amide bonds. The van der Waals surface area contributed by atoms with E-state index in [1.54, 1.807) is 6.20 Å². The molecule has 5 nitrogen and oxygen atoms in total. The maximum absolute atomic E-state index is 12.6. The lowest BCUT2D eigenvalue weighted by Gasteiger charge is -2.37. The molecule has 1 saturated carbocycles. The highest BCUT2D eigenvalue weighted by Crippen LogP contribution is 2.30. The molecule has 1 aliphatic heterocycles. The van der Waals surface area contributed by atoms with Crippen LogP contribution in [0.2, 0.25) is 0 Å². The smallest absolute Gasteiger partial charge is 0.223 e. The molecule has 2 fully saturated rings. The minimum atomic E-state index is 0.190. The van der Waals surface area contributed by atoms with Gasteiger partial charge in [0.15, 0.2) is 11.7 Å². The first kappa shape index (κ1) is 15.4. The predicted molar refractivity (Wildman–Crippen MR) is 89.4 cm³/mol. The van der Waals surface area contributed by atoms with Crippen LogP contribution in [0, 0.1) is 0 Å². The summed E-state index contributed by atoms with van der Waals surface area (Å²) in [5.41, 5.74) is 1.00. The Labute approximate surface area is 141 Å². The van der Waals surface area contributed by atoms with Crippen molar-refractivity contribution >= 4 is 5.91 Å². The van der Waals surface area contributed by atoms with Crippen molar-refractivity contribution < 1.29 is 13.9 Å². The molecule has 5 heteroatoms. The number of ether oxygens (including phenoxy) is 1. The summed E-state index contributed by atoms with van der Waals surface area (Å²) in [5.74, 6) is 1.56. The van der Waals surface area contributed by atoms with Gasteiger partial charge in [0.05, 0.1) is 24.9 Å². The highest BCUT2D eigenvalue weighted by molar-refractivity contribution is 5.77. The molecule has 0 radical (unpaired) electrons. The van der Waals surface area contributed by atoms with Gasteiger partial charge in [0, 0.05) is 24.9 Å². The number of benzene rings is 1. The Morgan fingerprint density at radius 1 is 1.25 bits per heavy atom. The summed E-state index contributed by atoms with van der Waals surface area (Å²) in [6.45, 7) is 1.37. The Morgan fingerprint density at radius 2 is 2.12 bits per heavy atom. The van der Waals surface area contributed by atoms with E-state index in [1.807, 2.05) is 35.2 Å². The largest absolute Gasteiger partial charge is 0.441 e. The molecule has 2 aliphatic rings. The van der Waals surface area contributed by atoms with E-state index in [0.717, 1.165) is 30.6 Å². The van der Waals surface area contributed by atoms with Crippen molar-refractivity contribution in [3.05, 3.63) is 42.4 Å². The Balaban J connectivity index is 1.37. The summed E-state index contributed by atoms with van der Waals surface area (Å²) in [6.07, 6.45) is 6.26. The Kier molecular flexibility index (Phi) is 4.34.